The fourth-order valence-electron chi connectivity index (χ4n) is 2.26. The predicted molar refractivity (Wildman–Crippen MR) is 96.4 cm³/mol. The fourth-order valence-corrected chi connectivity index (χ4v) is 2.26. The van der Waals surface area contributed by atoms with Gasteiger partial charge in [-0.1, -0.05) is 13.8 Å². The lowest BCUT2D eigenvalue weighted by Crippen LogP contribution is -2.37. The zero-order valence-electron chi connectivity index (χ0n) is 15.8. The summed E-state index contributed by atoms with van der Waals surface area (Å²) in [5.74, 6) is -1.20. The summed E-state index contributed by atoms with van der Waals surface area (Å²) in [6.07, 6.45) is 1.65. The lowest BCUT2D eigenvalue weighted by molar-refractivity contribution is -0.123. The van der Waals surface area contributed by atoms with E-state index in [1.54, 1.807) is 13.8 Å². The van der Waals surface area contributed by atoms with Crippen molar-refractivity contribution in [1.29, 1.82) is 0 Å². The first-order valence-corrected chi connectivity index (χ1v) is 8.86. The van der Waals surface area contributed by atoms with Gasteiger partial charge in [-0.2, -0.15) is 0 Å². The molecule has 0 aliphatic heterocycles. The van der Waals surface area contributed by atoms with Gasteiger partial charge in [-0.25, -0.2) is 9.59 Å². The number of esters is 2. The number of hydrogen-bond donors (Lipinski definition) is 1. The van der Waals surface area contributed by atoms with Gasteiger partial charge in [-0.05, 0) is 44.9 Å². The maximum atomic E-state index is 12.0. The SMILES string of the molecule is CCOC(=O)c1cc(OCC(=O)NC(CC)CC)cc(C(=O)OCC)c1. The van der Waals surface area contributed by atoms with Crippen molar-refractivity contribution >= 4 is 17.8 Å². The monoisotopic (exact) mass is 365 g/mol. The third-order valence-electron chi connectivity index (χ3n) is 3.65. The first-order chi connectivity index (χ1) is 12.4. The van der Waals surface area contributed by atoms with Crippen molar-refractivity contribution in [2.75, 3.05) is 19.8 Å². The highest BCUT2D eigenvalue weighted by molar-refractivity contribution is 5.96. The highest BCUT2D eigenvalue weighted by atomic mass is 16.5. The minimum Gasteiger partial charge on any atom is -0.484 e. The molecule has 0 saturated carbocycles. The van der Waals surface area contributed by atoms with Crippen LogP contribution in [0.1, 0.15) is 61.3 Å². The molecule has 144 valence electrons. The summed E-state index contributed by atoms with van der Waals surface area (Å²) in [5.41, 5.74) is 0.320. The first kappa shape index (κ1) is 21.5. The van der Waals surface area contributed by atoms with E-state index in [1.165, 1.54) is 18.2 Å². The van der Waals surface area contributed by atoms with Crippen molar-refractivity contribution in [3.05, 3.63) is 29.3 Å². The molecule has 0 bridgehead atoms. The van der Waals surface area contributed by atoms with Gasteiger partial charge in [0.25, 0.3) is 5.91 Å². The minimum atomic E-state index is -0.579. The average Bonchev–Trinajstić information content (AvgIpc) is 2.64. The van der Waals surface area contributed by atoms with Gasteiger partial charge in [0, 0.05) is 6.04 Å². The van der Waals surface area contributed by atoms with E-state index in [0.717, 1.165) is 12.8 Å². The molecule has 0 aliphatic rings. The van der Waals surface area contributed by atoms with E-state index in [0.29, 0.717) is 0 Å². The molecule has 1 N–H and O–H groups in total. The second-order valence-electron chi connectivity index (χ2n) is 5.56. The molecule has 7 nitrogen and oxygen atoms in total. The summed E-state index contributed by atoms with van der Waals surface area (Å²) in [4.78, 5) is 35.9. The zero-order valence-corrected chi connectivity index (χ0v) is 15.8. The topological polar surface area (TPSA) is 90.9 Å². The Balaban J connectivity index is 2.92. The van der Waals surface area contributed by atoms with Crippen LogP contribution in [-0.2, 0) is 14.3 Å². The van der Waals surface area contributed by atoms with Gasteiger partial charge in [0.15, 0.2) is 6.61 Å². The summed E-state index contributed by atoms with van der Waals surface area (Å²) in [5, 5.41) is 2.85. The van der Waals surface area contributed by atoms with E-state index in [-0.39, 0.29) is 48.6 Å². The third-order valence-corrected chi connectivity index (χ3v) is 3.65. The van der Waals surface area contributed by atoms with E-state index >= 15 is 0 Å². The summed E-state index contributed by atoms with van der Waals surface area (Å²) in [6.45, 7) is 7.55. The van der Waals surface area contributed by atoms with Gasteiger partial charge in [0.2, 0.25) is 0 Å². The first-order valence-electron chi connectivity index (χ1n) is 8.86. The van der Waals surface area contributed by atoms with Gasteiger partial charge in [-0.3, -0.25) is 4.79 Å². The maximum Gasteiger partial charge on any atom is 0.338 e. The molecule has 0 atom stereocenters. The van der Waals surface area contributed by atoms with Crippen LogP contribution in [-0.4, -0.2) is 43.7 Å². The van der Waals surface area contributed by atoms with Crippen LogP contribution in [0.4, 0.5) is 0 Å². The Morgan fingerprint density at radius 2 is 1.38 bits per heavy atom. The zero-order chi connectivity index (χ0) is 19.5. The van der Waals surface area contributed by atoms with Gasteiger partial charge in [0.05, 0.1) is 24.3 Å². The van der Waals surface area contributed by atoms with Crippen LogP contribution in [0.15, 0.2) is 18.2 Å². The molecule has 7 heteroatoms. The standard InChI is InChI=1S/C19H27NO6/c1-5-15(6-2)20-17(21)12-26-16-10-13(18(22)24-7-3)9-14(11-16)19(23)25-8-4/h9-11,15H,5-8,12H2,1-4H3,(H,20,21). The van der Waals surface area contributed by atoms with Crippen LogP contribution >= 0.6 is 0 Å². The number of hydrogen-bond acceptors (Lipinski definition) is 6. The molecule has 0 radical (unpaired) electrons. The molecule has 1 aromatic rings. The summed E-state index contributed by atoms with van der Waals surface area (Å²) < 4.78 is 15.4. The lowest BCUT2D eigenvalue weighted by Gasteiger charge is -2.15. The summed E-state index contributed by atoms with van der Waals surface area (Å²) in [6, 6.07) is 4.34. The van der Waals surface area contributed by atoms with Crippen LogP contribution in [0.3, 0.4) is 0 Å². The van der Waals surface area contributed by atoms with Gasteiger partial charge in [0.1, 0.15) is 5.75 Å². The van der Waals surface area contributed by atoms with E-state index in [2.05, 4.69) is 5.32 Å². The average molecular weight is 365 g/mol. The molecule has 0 unspecified atom stereocenters. The largest absolute Gasteiger partial charge is 0.484 e. The minimum absolute atomic E-state index is 0.0899. The number of amides is 1. The molecule has 1 amide bonds. The maximum absolute atomic E-state index is 12.0. The number of ether oxygens (including phenoxy) is 3. The summed E-state index contributed by atoms with van der Waals surface area (Å²) in [7, 11) is 0. The lowest BCUT2D eigenvalue weighted by atomic mass is 10.1. The molecule has 1 aromatic carbocycles. The quantitative estimate of drug-likeness (QED) is 0.641. The normalized spacial score (nSPS) is 10.3. The van der Waals surface area contributed by atoms with Gasteiger partial charge >= 0.3 is 11.9 Å². The fraction of sp³-hybridized carbons (Fsp3) is 0.526. The van der Waals surface area contributed by atoms with Crippen LogP contribution in [0.25, 0.3) is 0 Å². The van der Waals surface area contributed by atoms with Crippen molar-refractivity contribution in [2.45, 2.75) is 46.6 Å². The van der Waals surface area contributed by atoms with Crippen molar-refractivity contribution in [1.82, 2.24) is 5.32 Å². The van der Waals surface area contributed by atoms with Gasteiger partial charge < -0.3 is 19.5 Å². The molecular formula is C19H27NO6. The Hall–Kier alpha value is -2.57. The van der Waals surface area contributed by atoms with E-state index < -0.39 is 11.9 Å². The number of nitrogens with one attached hydrogen (secondary N) is 1. The van der Waals surface area contributed by atoms with Crippen molar-refractivity contribution in [2.24, 2.45) is 0 Å². The number of benzene rings is 1. The van der Waals surface area contributed by atoms with Gasteiger partial charge in [-0.15, -0.1) is 0 Å². The highest BCUT2D eigenvalue weighted by Gasteiger charge is 2.16. The molecule has 0 aromatic heterocycles. The Kier molecular flexibility index (Phi) is 9.19. The second kappa shape index (κ2) is 11.1. The van der Waals surface area contributed by atoms with Crippen LogP contribution in [0.5, 0.6) is 5.75 Å². The molecule has 1 rings (SSSR count). The van der Waals surface area contributed by atoms with Crippen LogP contribution < -0.4 is 10.1 Å². The van der Waals surface area contributed by atoms with Crippen molar-refractivity contribution in [3.63, 3.8) is 0 Å². The molecule has 0 heterocycles. The van der Waals surface area contributed by atoms with E-state index in [1.807, 2.05) is 13.8 Å². The Bertz CT molecular complexity index is 588. The van der Waals surface area contributed by atoms with Crippen LogP contribution in [0.2, 0.25) is 0 Å². The van der Waals surface area contributed by atoms with E-state index in [9.17, 15) is 14.4 Å². The molecule has 0 fully saturated rings. The predicted octanol–water partition coefficient (Wildman–Crippen LogP) is 2.72. The number of rotatable bonds is 10. The van der Waals surface area contributed by atoms with E-state index in [4.69, 9.17) is 14.2 Å². The second-order valence-corrected chi connectivity index (χ2v) is 5.56. The molecule has 0 saturated heterocycles. The van der Waals surface area contributed by atoms with Crippen molar-refractivity contribution < 1.29 is 28.6 Å². The summed E-state index contributed by atoms with van der Waals surface area (Å²) >= 11 is 0. The Morgan fingerprint density at radius 3 is 1.81 bits per heavy atom. The molecule has 26 heavy (non-hydrogen) atoms. The Morgan fingerprint density at radius 1 is 0.885 bits per heavy atom. The molecule has 0 spiro atoms. The molecular weight excluding hydrogens is 338 g/mol. The van der Waals surface area contributed by atoms with Crippen molar-refractivity contribution in [3.8, 4) is 5.75 Å². The number of carbonyl (C=O) groups excluding carboxylic acids is 3. The number of carbonyl (C=O) groups is 3. The third kappa shape index (κ3) is 6.74. The Labute approximate surface area is 154 Å². The van der Waals surface area contributed by atoms with Crippen LogP contribution in [0, 0.1) is 0 Å². The highest BCUT2D eigenvalue weighted by Crippen LogP contribution is 2.19. The smallest absolute Gasteiger partial charge is 0.338 e. The molecule has 0 aliphatic carbocycles.